The molecule has 4 aromatic rings. The summed E-state index contributed by atoms with van der Waals surface area (Å²) in [5.41, 5.74) is 4.32. The number of H-pyrrole nitrogens is 1. The van der Waals surface area contributed by atoms with Crippen LogP contribution in [0.5, 0.6) is 0 Å². The summed E-state index contributed by atoms with van der Waals surface area (Å²) in [5, 5.41) is 21.7. The first-order valence-electron chi connectivity index (χ1n) is 10.4. The van der Waals surface area contributed by atoms with E-state index in [0.29, 0.717) is 23.6 Å². The minimum Gasteiger partial charge on any atom is -0.336 e. The van der Waals surface area contributed by atoms with E-state index in [4.69, 9.17) is 5.26 Å². The average Bonchev–Trinajstić information content (AvgIpc) is 3.54. The minimum absolute atomic E-state index is 0.0119. The van der Waals surface area contributed by atoms with Crippen LogP contribution in [0.4, 0.5) is 0 Å². The van der Waals surface area contributed by atoms with E-state index in [2.05, 4.69) is 46.5 Å². The molecule has 7 nitrogen and oxygen atoms in total. The molecule has 3 heterocycles. The van der Waals surface area contributed by atoms with Crippen molar-refractivity contribution in [3.8, 4) is 17.2 Å². The summed E-state index contributed by atoms with van der Waals surface area (Å²) >= 11 is 0. The fourth-order valence-electron chi connectivity index (χ4n) is 4.51. The van der Waals surface area contributed by atoms with Crippen LogP contribution < -0.4 is 0 Å². The van der Waals surface area contributed by atoms with Crippen molar-refractivity contribution in [2.24, 2.45) is 5.92 Å². The minimum atomic E-state index is -0.0119. The maximum Gasteiger partial charge on any atom is 0.254 e. The van der Waals surface area contributed by atoms with Gasteiger partial charge in [0.15, 0.2) is 0 Å². The number of amides is 1. The third-order valence-electron chi connectivity index (χ3n) is 6.07. The van der Waals surface area contributed by atoms with Crippen LogP contribution >= 0.6 is 0 Å². The molecular formula is C24H22N6O. The molecule has 2 aromatic heterocycles. The number of likely N-dealkylation sites (tertiary alicyclic amines) is 1. The first-order valence-corrected chi connectivity index (χ1v) is 10.4. The molecular weight excluding hydrogens is 388 g/mol. The second kappa shape index (κ2) is 7.73. The first-order chi connectivity index (χ1) is 15.1. The summed E-state index contributed by atoms with van der Waals surface area (Å²) < 4.78 is 2.04. The van der Waals surface area contributed by atoms with Crippen molar-refractivity contribution in [2.75, 3.05) is 6.54 Å². The van der Waals surface area contributed by atoms with Gasteiger partial charge in [-0.05, 0) is 55.2 Å². The Labute approximate surface area is 179 Å². The van der Waals surface area contributed by atoms with Crippen molar-refractivity contribution in [3.63, 3.8) is 0 Å². The molecule has 0 saturated carbocycles. The molecule has 0 bridgehead atoms. The van der Waals surface area contributed by atoms with Crippen LogP contribution in [0.15, 0.2) is 61.1 Å². The number of nitrogens with one attached hydrogen (secondary N) is 1. The maximum atomic E-state index is 13.0. The molecule has 0 spiro atoms. The van der Waals surface area contributed by atoms with Crippen LogP contribution in [-0.4, -0.2) is 43.4 Å². The molecule has 2 atom stereocenters. The first kappa shape index (κ1) is 19.1. The molecule has 5 rings (SSSR count). The topological polar surface area (TPSA) is 90.6 Å². The second-order valence-corrected chi connectivity index (χ2v) is 8.19. The van der Waals surface area contributed by atoms with Gasteiger partial charge in [-0.25, -0.2) is 0 Å². The van der Waals surface area contributed by atoms with E-state index in [1.54, 1.807) is 24.3 Å². The lowest BCUT2D eigenvalue weighted by Crippen LogP contribution is -2.34. The Hall–Kier alpha value is -3.92. The summed E-state index contributed by atoms with van der Waals surface area (Å²) in [7, 11) is 0. The largest absolute Gasteiger partial charge is 0.336 e. The van der Waals surface area contributed by atoms with Crippen LogP contribution in [0, 0.1) is 17.2 Å². The predicted octanol–water partition coefficient (Wildman–Crippen LogP) is 3.85. The number of hydrogen-bond acceptors (Lipinski definition) is 4. The normalized spacial score (nSPS) is 18.4. The van der Waals surface area contributed by atoms with Crippen molar-refractivity contribution in [2.45, 2.75) is 25.9 Å². The summed E-state index contributed by atoms with van der Waals surface area (Å²) in [6, 6.07) is 15.5. The zero-order valence-corrected chi connectivity index (χ0v) is 17.2. The van der Waals surface area contributed by atoms with Crippen molar-refractivity contribution >= 4 is 16.8 Å². The van der Waals surface area contributed by atoms with E-state index in [1.807, 2.05) is 28.2 Å². The molecule has 1 N–H and O–H groups in total. The molecule has 0 aliphatic carbocycles. The van der Waals surface area contributed by atoms with Crippen LogP contribution in [-0.2, 0) is 6.54 Å². The van der Waals surface area contributed by atoms with Gasteiger partial charge in [-0.15, -0.1) is 0 Å². The zero-order valence-electron chi connectivity index (χ0n) is 17.2. The molecule has 0 unspecified atom stereocenters. The van der Waals surface area contributed by atoms with Gasteiger partial charge in [0.25, 0.3) is 5.91 Å². The number of aromatic amines is 1. The lowest BCUT2D eigenvalue weighted by Gasteiger charge is -2.21. The van der Waals surface area contributed by atoms with Gasteiger partial charge < -0.3 is 4.90 Å². The van der Waals surface area contributed by atoms with Crippen molar-refractivity contribution < 1.29 is 4.79 Å². The van der Waals surface area contributed by atoms with E-state index in [9.17, 15) is 4.79 Å². The van der Waals surface area contributed by atoms with E-state index < -0.39 is 0 Å². The highest BCUT2D eigenvalue weighted by molar-refractivity contribution is 5.95. The molecule has 1 amide bonds. The highest BCUT2D eigenvalue weighted by Crippen LogP contribution is 2.29. The highest BCUT2D eigenvalue weighted by Gasteiger charge is 2.33. The van der Waals surface area contributed by atoms with Gasteiger partial charge in [0, 0.05) is 41.8 Å². The number of rotatable bonds is 4. The van der Waals surface area contributed by atoms with Gasteiger partial charge in [-0.2, -0.15) is 15.5 Å². The summed E-state index contributed by atoms with van der Waals surface area (Å²) in [5.74, 6) is 0.317. The number of fused-ring (bicyclic) bond motifs is 1. The Bertz CT molecular complexity index is 1280. The molecule has 2 aromatic carbocycles. The number of carbonyl (C=O) groups is 1. The number of carbonyl (C=O) groups excluding carboxylic acids is 1. The van der Waals surface area contributed by atoms with Gasteiger partial charge in [0.05, 0.1) is 29.5 Å². The van der Waals surface area contributed by atoms with Gasteiger partial charge in [-0.1, -0.05) is 12.1 Å². The quantitative estimate of drug-likeness (QED) is 0.553. The lowest BCUT2D eigenvalue weighted by atomic mass is 10.1. The molecule has 31 heavy (non-hydrogen) atoms. The maximum absolute atomic E-state index is 13.0. The molecule has 1 aliphatic heterocycles. The van der Waals surface area contributed by atoms with Crippen LogP contribution in [0.1, 0.15) is 29.3 Å². The van der Waals surface area contributed by atoms with E-state index in [0.717, 1.165) is 35.0 Å². The Morgan fingerprint density at radius 3 is 2.94 bits per heavy atom. The lowest BCUT2D eigenvalue weighted by molar-refractivity contribution is 0.0742. The van der Waals surface area contributed by atoms with Crippen LogP contribution in [0.25, 0.3) is 22.0 Å². The Morgan fingerprint density at radius 1 is 1.23 bits per heavy atom. The molecule has 7 heteroatoms. The number of nitrogens with zero attached hydrogens (tertiary/aromatic N) is 5. The monoisotopic (exact) mass is 410 g/mol. The Kier molecular flexibility index (Phi) is 4.75. The average molecular weight is 410 g/mol. The van der Waals surface area contributed by atoms with E-state index in [1.165, 1.54) is 0 Å². The van der Waals surface area contributed by atoms with Gasteiger partial charge in [-0.3, -0.25) is 14.6 Å². The molecule has 1 fully saturated rings. The predicted molar refractivity (Wildman–Crippen MR) is 117 cm³/mol. The summed E-state index contributed by atoms with van der Waals surface area (Å²) in [4.78, 5) is 14.9. The third kappa shape index (κ3) is 3.57. The van der Waals surface area contributed by atoms with Crippen LogP contribution in [0.2, 0.25) is 0 Å². The number of hydrogen-bond donors (Lipinski definition) is 1. The molecule has 1 saturated heterocycles. The summed E-state index contributed by atoms with van der Waals surface area (Å²) in [6.45, 7) is 3.54. The SMILES string of the molecule is C[C@H]1C[C@H](Cn2ncc3cc(-c4cn[nH]c4)ccc32)CN1C(=O)c1cccc(C#N)c1. The van der Waals surface area contributed by atoms with E-state index >= 15 is 0 Å². The van der Waals surface area contributed by atoms with Gasteiger partial charge >= 0.3 is 0 Å². The highest BCUT2D eigenvalue weighted by atomic mass is 16.2. The number of benzene rings is 2. The van der Waals surface area contributed by atoms with Gasteiger partial charge in [0.2, 0.25) is 0 Å². The smallest absolute Gasteiger partial charge is 0.254 e. The molecule has 0 radical (unpaired) electrons. The van der Waals surface area contributed by atoms with Crippen molar-refractivity contribution in [1.29, 1.82) is 5.26 Å². The fraction of sp³-hybridized carbons (Fsp3) is 0.250. The van der Waals surface area contributed by atoms with Crippen molar-refractivity contribution in [1.82, 2.24) is 24.9 Å². The zero-order chi connectivity index (χ0) is 21.4. The molecule has 154 valence electrons. The number of aromatic nitrogens is 4. The third-order valence-corrected chi connectivity index (χ3v) is 6.07. The van der Waals surface area contributed by atoms with Crippen molar-refractivity contribution in [3.05, 3.63) is 72.2 Å². The Balaban J connectivity index is 1.32. The summed E-state index contributed by atoms with van der Waals surface area (Å²) in [6.07, 6.45) is 6.51. The Morgan fingerprint density at radius 2 is 2.13 bits per heavy atom. The number of nitriles is 1. The van der Waals surface area contributed by atoms with Crippen LogP contribution in [0.3, 0.4) is 0 Å². The second-order valence-electron chi connectivity index (χ2n) is 8.19. The van der Waals surface area contributed by atoms with E-state index in [-0.39, 0.29) is 11.9 Å². The molecule has 1 aliphatic rings. The van der Waals surface area contributed by atoms with Gasteiger partial charge in [0.1, 0.15) is 0 Å². The standard InChI is InChI=1S/C24H22N6O/c1-16-7-18(14-29(16)24(31)20-4-2-3-17(8-20)10-25)15-30-23-6-5-19(9-21(23)13-28-30)22-11-26-27-12-22/h2-6,8-9,11-13,16,18H,7,14-15H2,1H3,(H,26,27)/t16-,18-/m0/s1. The fourth-order valence-corrected chi connectivity index (χ4v) is 4.51.